The molecule has 0 bridgehead atoms. The second-order valence-electron chi connectivity index (χ2n) is 5.46. The Morgan fingerprint density at radius 1 is 1.15 bits per heavy atom. The minimum absolute atomic E-state index is 0.108. The van der Waals surface area contributed by atoms with E-state index in [4.69, 9.17) is 17.3 Å². The average Bonchev–Trinajstić information content (AvgIpc) is 2.41. The van der Waals surface area contributed by atoms with E-state index < -0.39 is 11.9 Å². The average molecular weight is 292 g/mol. The van der Waals surface area contributed by atoms with Crippen LogP contribution in [0.25, 0.3) is 0 Å². The van der Waals surface area contributed by atoms with Crippen molar-refractivity contribution in [1.29, 1.82) is 0 Å². The molecule has 1 atom stereocenters. The Hall–Kier alpha value is -1.38. The van der Waals surface area contributed by atoms with Gasteiger partial charge in [-0.25, -0.2) is 4.39 Å². The lowest BCUT2D eigenvalue weighted by Gasteiger charge is -2.15. The number of nitrogens with two attached hydrogens (primary N) is 1. The molecule has 2 aromatic rings. The number of benzene rings is 2. The standard InChI is InChI=1S/C17H19ClFN/c1-11(2)9-12-5-3-6-13(10-12)17(20)14-7-4-8-15(18)16(14)19/h3-8,10-11,17H,9,20H2,1-2H3. The normalized spacial score (nSPS) is 12.7. The monoisotopic (exact) mass is 291 g/mol. The molecule has 0 aromatic heterocycles. The van der Waals surface area contributed by atoms with Crippen molar-refractivity contribution in [3.05, 3.63) is 70.0 Å². The van der Waals surface area contributed by atoms with Crippen molar-refractivity contribution in [2.24, 2.45) is 11.7 Å². The van der Waals surface area contributed by atoms with Crippen molar-refractivity contribution in [3.8, 4) is 0 Å². The minimum atomic E-state index is -0.499. The van der Waals surface area contributed by atoms with E-state index in [-0.39, 0.29) is 5.02 Å². The third-order valence-corrected chi connectivity index (χ3v) is 3.56. The highest BCUT2D eigenvalue weighted by Crippen LogP contribution is 2.27. The first-order valence-electron chi connectivity index (χ1n) is 6.77. The van der Waals surface area contributed by atoms with Gasteiger partial charge in [-0.2, -0.15) is 0 Å². The zero-order valence-electron chi connectivity index (χ0n) is 11.7. The van der Waals surface area contributed by atoms with E-state index >= 15 is 0 Å². The maximum atomic E-state index is 14.0. The van der Waals surface area contributed by atoms with Crippen LogP contribution in [0.15, 0.2) is 42.5 Å². The molecule has 1 nitrogen and oxygen atoms in total. The van der Waals surface area contributed by atoms with E-state index in [0.29, 0.717) is 11.5 Å². The van der Waals surface area contributed by atoms with E-state index in [2.05, 4.69) is 19.9 Å². The van der Waals surface area contributed by atoms with Gasteiger partial charge in [0, 0.05) is 5.56 Å². The molecule has 3 heteroatoms. The highest BCUT2D eigenvalue weighted by atomic mass is 35.5. The number of rotatable bonds is 4. The number of halogens is 2. The lowest BCUT2D eigenvalue weighted by Crippen LogP contribution is -2.14. The molecular weight excluding hydrogens is 273 g/mol. The van der Waals surface area contributed by atoms with Crippen LogP contribution >= 0.6 is 11.6 Å². The molecule has 0 aliphatic carbocycles. The molecular formula is C17H19ClFN. The van der Waals surface area contributed by atoms with Crippen LogP contribution in [-0.4, -0.2) is 0 Å². The third-order valence-electron chi connectivity index (χ3n) is 3.27. The lowest BCUT2D eigenvalue weighted by atomic mass is 9.95. The van der Waals surface area contributed by atoms with Gasteiger partial charge >= 0.3 is 0 Å². The van der Waals surface area contributed by atoms with E-state index in [0.717, 1.165) is 12.0 Å². The van der Waals surface area contributed by atoms with Crippen LogP contribution in [0.4, 0.5) is 4.39 Å². The van der Waals surface area contributed by atoms with Gasteiger partial charge in [-0.3, -0.25) is 0 Å². The molecule has 0 saturated carbocycles. The SMILES string of the molecule is CC(C)Cc1cccc(C(N)c2cccc(Cl)c2F)c1. The van der Waals surface area contributed by atoms with Crippen LogP contribution in [0, 0.1) is 11.7 Å². The van der Waals surface area contributed by atoms with E-state index in [9.17, 15) is 4.39 Å². The quantitative estimate of drug-likeness (QED) is 0.866. The van der Waals surface area contributed by atoms with Crippen LogP contribution in [-0.2, 0) is 6.42 Å². The highest BCUT2D eigenvalue weighted by Gasteiger charge is 2.15. The summed E-state index contributed by atoms with van der Waals surface area (Å²) in [5, 5.41) is 0.108. The van der Waals surface area contributed by atoms with E-state index in [1.165, 1.54) is 11.6 Å². The Labute approximate surface area is 124 Å². The van der Waals surface area contributed by atoms with E-state index in [1.54, 1.807) is 12.1 Å². The van der Waals surface area contributed by atoms with Crippen molar-refractivity contribution in [1.82, 2.24) is 0 Å². The van der Waals surface area contributed by atoms with Crippen molar-refractivity contribution >= 4 is 11.6 Å². The zero-order valence-corrected chi connectivity index (χ0v) is 12.5. The van der Waals surface area contributed by atoms with Crippen molar-refractivity contribution < 1.29 is 4.39 Å². The Kier molecular flexibility index (Phi) is 4.79. The molecule has 0 saturated heterocycles. The fourth-order valence-corrected chi connectivity index (χ4v) is 2.51. The van der Waals surface area contributed by atoms with Gasteiger partial charge in [0.25, 0.3) is 0 Å². The highest BCUT2D eigenvalue weighted by molar-refractivity contribution is 6.30. The van der Waals surface area contributed by atoms with Crippen molar-refractivity contribution in [3.63, 3.8) is 0 Å². The zero-order chi connectivity index (χ0) is 14.7. The molecule has 2 rings (SSSR count). The predicted molar refractivity (Wildman–Crippen MR) is 82.4 cm³/mol. The molecule has 0 fully saturated rings. The van der Waals surface area contributed by atoms with Crippen LogP contribution in [0.2, 0.25) is 5.02 Å². The summed E-state index contributed by atoms with van der Waals surface area (Å²) in [6.07, 6.45) is 0.985. The first-order valence-corrected chi connectivity index (χ1v) is 7.15. The summed E-state index contributed by atoms with van der Waals surface area (Å²) in [5.74, 6) is 0.139. The molecule has 2 N–H and O–H groups in total. The van der Waals surface area contributed by atoms with Crippen LogP contribution in [0.3, 0.4) is 0 Å². The smallest absolute Gasteiger partial charge is 0.146 e. The summed E-state index contributed by atoms with van der Waals surface area (Å²) in [6, 6.07) is 12.4. The Morgan fingerprint density at radius 3 is 2.55 bits per heavy atom. The first-order chi connectivity index (χ1) is 9.49. The van der Waals surface area contributed by atoms with Gasteiger partial charge in [0.1, 0.15) is 5.82 Å². The molecule has 0 radical (unpaired) electrons. The van der Waals surface area contributed by atoms with Crippen molar-refractivity contribution in [2.45, 2.75) is 26.3 Å². The molecule has 0 heterocycles. The fraction of sp³-hybridized carbons (Fsp3) is 0.294. The Bertz CT molecular complexity index is 595. The maximum absolute atomic E-state index is 14.0. The van der Waals surface area contributed by atoms with Gasteiger partial charge in [-0.05, 0) is 29.5 Å². The molecule has 0 amide bonds. The van der Waals surface area contributed by atoms with Crippen LogP contribution < -0.4 is 5.73 Å². The molecule has 20 heavy (non-hydrogen) atoms. The summed E-state index contributed by atoms with van der Waals surface area (Å²) in [7, 11) is 0. The molecule has 1 unspecified atom stereocenters. The summed E-state index contributed by atoms with van der Waals surface area (Å²) in [5.41, 5.74) is 8.74. The first kappa shape index (κ1) is 15.0. The Morgan fingerprint density at radius 2 is 1.85 bits per heavy atom. The van der Waals surface area contributed by atoms with Crippen LogP contribution in [0.5, 0.6) is 0 Å². The number of hydrogen-bond donors (Lipinski definition) is 1. The molecule has 0 aliphatic rings. The van der Waals surface area contributed by atoms with Gasteiger partial charge < -0.3 is 5.73 Å². The minimum Gasteiger partial charge on any atom is -0.320 e. The molecule has 0 spiro atoms. The van der Waals surface area contributed by atoms with Gasteiger partial charge in [-0.15, -0.1) is 0 Å². The predicted octanol–water partition coefficient (Wildman–Crippen LogP) is 4.73. The summed E-state index contributed by atoms with van der Waals surface area (Å²) < 4.78 is 14.0. The van der Waals surface area contributed by atoms with Gasteiger partial charge in [0.2, 0.25) is 0 Å². The van der Waals surface area contributed by atoms with Crippen molar-refractivity contribution in [2.75, 3.05) is 0 Å². The maximum Gasteiger partial charge on any atom is 0.146 e. The van der Waals surface area contributed by atoms with Crippen LogP contribution in [0.1, 0.15) is 36.6 Å². The third kappa shape index (κ3) is 3.38. The summed E-state index contributed by atoms with van der Waals surface area (Å²) in [6.45, 7) is 4.34. The van der Waals surface area contributed by atoms with Gasteiger partial charge in [-0.1, -0.05) is 61.8 Å². The van der Waals surface area contributed by atoms with E-state index in [1.807, 2.05) is 18.2 Å². The number of hydrogen-bond acceptors (Lipinski definition) is 1. The lowest BCUT2D eigenvalue weighted by molar-refractivity contribution is 0.599. The molecule has 0 aliphatic heterocycles. The summed E-state index contributed by atoms with van der Waals surface area (Å²) in [4.78, 5) is 0. The topological polar surface area (TPSA) is 26.0 Å². The fourth-order valence-electron chi connectivity index (χ4n) is 2.33. The molecule has 2 aromatic carbocycles. The Balaban J connectivity index is 2.33. The second-order valence-corrected chi connectivity index (χ2v) is 5.87. The van der Waals surface area contributed by atoms with Gasteiger partial charge in [0.15, 0.2) is 0 Å². The molecule has 106 valence electrons. The largest absolute Gasteiger partial charge is 0.320 e. The second kappa shape index (κ2) is 6.38. The van der Waals surface area contributed by atoms with Gasteiger partial charge in [0.05, 0.1) is 11.1 Å². The summed E-state index contributed by atoms with van der Waals surface area (Å²) >= 11 is 5.81.